The number of carbonyl (C=O) groups excluding carboxylic acids is 2. The van der Waals surface area contributed by atoms with E-state index < -0.39 is 28.5 Å². The second-order valence-corrected chi connectivity index (χ2v) is 13.1. The monoisotopic (exact) mass is 641 g/mol. The van der Waals surface area contributed by atoms with Crippen LogP contribution in [0.15, 0.2) is 114 Å². The minimum Gasteiger partial charge on any atom is -0.494 e. The highest BCUT2D eigenvalue weighted by molar-refractivity contribution is 7.92. The summed E-state index contributed by atoms with van der Waals surface area (Å²) in [6.07, 6.45) is 0.978. The van der Waals surface area contributed by atoms with E-state index in [4.69, 9.17) is 4.74 Å². The summed E-state index contributed by atoms with van der Waals surface area (Å²) in [7, 11) is -4.18. The van der Waals surface area contributed by atoms with Gasteiger partial charge in [0.1, 0.15) is 18.3 Å². The lowest BCUT2D eigenvalue weighted by molar-refractivity contribution is -0.140. The molecule has 0 aliphatic carbocycles. The van der Waals surface area contributed by atoms with Crippen molar-refractivity contribution in [3.63, 3.8) is 0 Å². The molecule has 9 heteroatoms. The summed E-state index contributed by atoms with van der Waals surface area (Å²) in [6, 6.07) is 31.1. The molecule has 0 heterocycles. The number of hydrogen-bond acceptors (Lipinski definition) is 5. The van der Waals surface area contributed by atoms with Gasteiger partial charge in [0, 0.05) is 19.0 Å². The van der Waals surface area contributed by atoms with E-state index in [1.807, 2.05) is 88.4 Å². The highest BCUT2D eigenvalue weighted by atomic mass is 32.2. The van der Waals surface area contributed by atoms with Crippen molar-refractivity contribution in [1.29, 1.82) is 0 Å². The zero-order valence-electron chi connectivity index (χ0n) is 26.9. The van der Waals surface area contributed by atoms with Gasteiger partial charge in [-0.25, -0.2) is 8.42 Å². The van der Waals surface area contributed by atoms with Crippen LogP contribution in [0.4, 0.5) is 5.69 Å². The molecular formula is C37H43N3O5S. The van der Waals surface area contributed by atoms with Crippen LogP contribution in [0.3, 0.4) is 0 Å². The van der Waals surface area contributed by atoms with Crippen LogP contribution < -0.4 is 14.4 Å². The highest BCUT2D eigenvalue weighted by Gasteiger charge is 2.35. The number of nitrogens with zero attached hydrogens (tertiary/aromatic N) is 2. The van der Waals surface area contributed by atoms with Crippen molar-refractivity contribution < 1.29 is 22.7 Å². The summed E-state index contributed by atoms with van der Waals surface area (Å²) in [5.41, 5.74) is 2.92. The number of carbonyl (C=O) groups is 2. The number of aryl methyl sites for hydroxylation is 1. The molecule has 0 radical (unpaired) electrons. The number of nitrogens with one attached hydrogen (secondary N) is 1. The van der Waals surface area contributed by atoms with Gasteiger partial charge in [-0.15, -0.1) is 0 Å². The second kappa shape index (κ2) is 16.1. The summed E-state index contributed by atoms with van der Waals surface area (Å²) in [5, 5.41) is 3.06. The minimum absolute atomic E-state index is 0.0599. The fourth-order valence-electron chi connectivity index (χ4n) is 5.02. The Kier molecular flexibility index (Phi) is 12.0. The van der Waals surface area contributed by atoms with Crippen molar-refractivity contribution in [2.75, 3.05) is 17.5 Å². The van der Waals surface area contributed by atoms with Crippen molar-refractivity contribution >= 4 is 27.5 Å². The van der Waals surface area contributed by atoms with E-state index >= 15 is 0 Å². The Morgan fingerprint density at radius 2 is 1.39 bits per heavy atom. The maximum absolute atomic E-state index is 14.5. The molecule has 0 aliphatic heterocycles. The first-order valence-electron chi connectivity index (χ1n) is 15.6. The Labute approximate surface area is 273 Å². The summed E-state index contributed by atoms with van der Waals surface area (Å²) < 4.78 is 35.1. The first-order chi connectivity index (χ1) is 22.1. The van der Waals surface area contributed by atoms with E-state index in [2.05, 4.69) is 5.32 Å². The van der Waals surface area contributed by atoms with E-state index in [1.165, 1.54) is 17.0 Å². The van der Waals surface area contributed by atoms with Gasteiger partial charge in [-0.1, -0.05) is 85.3 Å². The first-order valence-corrected chi connectivity index (χ1v) is 17.1. The molecule has 4 aromatic carbocycles. The quantitative estimate of drug-likeness (QED) is 0.168. The van der Waals surface area contributed by atoms with Crippen LogP contribution >= 0.6 is 0 Å². The molecule has 0 saturated heterocycles. The molecule has 2 atom stereocenters. The van der Waals surface area contributed by atoms with E-state index in [0.717, 1.165) is 27.4 Å². The summed E-state index contributed by atoms with van der Waals surface area (Å²) in [5.74, 6) is -0.217. The fourth-order valence-corrected chi connectivity index (χ4v) is 6.43. The van der Waals surface area contributed by atoms with Crippen molar-refractivity contribution in [3.05, 3.63) is 126 Å². The van der Waals surface area contributed by atoms with Gasteiger partial charge >= 0.3 is 0 Å². The zero-order valence-corrected chi connectivity index (χ0v) is 27.7. The molecule has 0 unspecified atom stereocenters. The number of anilines is 1. The van der Waals surface area contributed by atoms with Crippen LogP contribution in [-0.4, -0.2) is 50.4 Å². The molecule has 0 spiro atoms. The molecule has 8 nitrogen and oxygen atoms in total. The summed E-state index contributed by atoms with van der Waals surface area (Å²) in [4.78, 5) is 30.0. The van der Waals surface area contributed by atoms with Gasteiger partial charge in [0.2, 0.25) is 11.8 Å². The first kappa shape index (κ1) is 34.2. The third-order valence-electron chi connectivity index (χ3n) is 7.79. The zero-order chi connectivity index (χ0) is 33.1. The predicted octanol–water partition coefficient (Wildman–Crippen LogP) is 6.14. The van der Waals surface area contributed by atoms with Gasteiger partial charge in [0.05, 0.1) is 17.2 Å². The summed E-state index contributed by atoms with van der Waals surface area (Å²) in [6.45, 7) is 7.70. The number of rotatable bonds is 15. The molecule has 0 saturated carbocycles. The molecule has 46 heavy (non-hydrogen) atoms. The lowest BCUT2D eigenvalue weighted by Crippen LogP contribution is -2.54. The SMILES string of the molecule is CCOc1ccc(N(CC(=O)N(Cc2ccccc2)[C@@H](Cc2ccccc2)C(=O)N[C@@H](C)CC)S(=O)(=O)c2ccc(C)cc2)cc1. The maximum Gasteiger partial charge on any atom is 0.264 e. The number of ether oxygens (including phenoxy) is 1. The van der Waals surface area contributed by atoms with Gasteiger partial charge in [0.15, 0.2) is 0 Å². The standard InChI is InChI=1S/C37H43N3O5S/c1-5-29(4)38-37(42)35(25-30-13-9-7-10-14-30)39(26-31-15-11-8-12-16-31)36(41)27-40(32-19-21-33(22-20-32)45-6-2)46(43,44)34-23-17-28(3)18-24-34/h7-24,29,35H,5-6,25-27H2,1-4H3,(H,38,42)/t29-,35-/m0/s1. The van der Waals surface area contributed by atoms with Crippen molar-refractivity contribution in [3.8, 4) is 5.75 Å². The van der Waals surface area contributed by atoms with E-state index in [0.29, 0.717) is 18.0 Å². The molecule has 0 aromatic heterocycles. The van der Waals surface area contributed by atoms with E-state index in [-0.39, 0.29) is 29.8 Å². The Morgan fingerprint density at radius 3 is 1.96 bits per heavy atom. The van der Waals surface area contributed by atoms with Gasteiger partial charge in [-0.05, 0) is 74.7 Å². The number of benzene rings is 4. The largest absolute Gasteiger partial charge is 0.494 e. The third kappa shape index (κ3) is 8.97. The Bertz CT molecular complexity index is 1660. The van der Waals surface area contributed by atoms with Gasteiger partial charge in [-0.2, -0.15) is 0 Å². The molecule has 0 fully saturated rings. The molecule has 242 valence electrons. The maximum atomic E-state index is 14.5. The van der Waals surface area contributed by atoms with Crippen molar-refractivity contribution in [2.24, 2.45) is 0 Å². The predicted molar refractivity (Wildman–Crippen MR) is 182 cm³/mol. The molecule has 4 aromatic rings. The van der Waals surface area contributed by atoms with Crippen LogP contribution in [0.1, 0.15) is 43.9 Å². The average molecular weight is 642 g/mol. The third-order valence-corrected chi connectivity index (χ3v) is 9.58. The van der Waals surface area contributed by atoms with E-state index in [9.17, 15) is 18.0 Å². The molecule has 0 bridgehead atoms. The number of hydrogen-bond donors (Lipinski definition) is 1. The van der Waals surface area contributed by atoms with Crippen LogP contribution in [0.2, 0.25) is 0 Å². The molecule has 4 rings (SSSR count). The Hall–Kier alpha value is -4.63. The minimum atomic E-state index is -4.18. The summed E-state index contributed by atoms with van der Waals surface area (Å²) >= 11 is 0. The van der Waals surface area contributed by atoms with Gasteiger partial charge in [-0.3, -0.25) is 13.9 Å². The average Bonchev–Trinajstić information content (AvgIpc) is 3.06. The Balaban J connectivity index is 1.79. The fraction of sp³-hybridized carbons (Fsp3) is 0.297. The molecule has 1 N–H and O–H groups in total. The highest BCUT2D eigenvalue weighted by Crippen LogP contribution is 2.27. The normalized spacial score (nSPS) is 12.5. The van der Waals surface area contributed by atoms with Crippen molar-refractivity contribution in [1.82, 2.24) is 10.2 Å². The number of amides is 2. The van der Waals surface area contributed by atoms with Crippen LogP contribution in [0, 0.1) is 6.92 Å². The van der Waals surface area contributed by atoms with Crippen LogP contribution in [0.25, 0.3) is 0 Å². The van der Waals surface area contributed by atoms with Gasteiger partial charge < -0.3 is 15.0 Å². The van der Waals surface area contributed by atoms with E-state index in [1.54, 1.807) is 36.4 Å². The lowest BCUT2D eigenvalue weighted by atomic mass is 10.0. The molecule has 2 amide bonds. The molecule has 0 aliphatic rings. The van der Waals surface area contributed by atoms with Crippen molar-refractivity contribution in [2.45, 2.75) is 64.1 Å². The Morgan fingerprint density at radius 1 is 0.804 bits per heavy atom. The topological polar surface area (TPSA) is 96.0 Å². The lowest BCUT2D eigenvalue weighted by Gasteiger charge is -2.34. The van der Waals surface area contributed by atoms with Crippen LogP contribution in [-0.2, 0) is 32.6 Å². The second-order valence-electron chi connectivity index (χ2n) is 11.3. The number of sulfonamides is 1. The van der Waals surface area contributed by atoms with Gasteiger partial charge in [0.25, 0.3) is 10.0 Å². The smallest absolute Gasteiger partial charge is 0.264 e. The molecular weight excluding hydrogens is 598 g/mol. The van der Waals surface area contributed by atoms with Crippen LogP contribution in [0.5, 0.6) is 5.75 Å².